The van der Waals surface area contributed by atoms with Gasteiger partial charge in [0.1, 0.15) is 17.7 Å². The molecule has 2 N–H and O–H groups in total. The number of nitrogens with zero attached hydrogens (tertiary/aromatic N) is 4. The Labute approximate surface area is 197 Å². The normalized spacial score (nSPS) is 18.1. The van der Waals surface area contributed by atoms with Crippen LogP contribution in [0, 0.1) is 6.92 Å². The van der Waals surface area contributed by atoms with E-state index in [0.717, 1.165) is 41.6 Å². The van der Waals surface area contributed by atoms with Gasteiger partial charge in [0.25, 0.3) is 5.91 Å². The van der Waals surface area contributed by atoms with Gasteiger partial charge in [-0.05, 0) is 48.6 Å². The molecule has 0 saturated heterocycles. The number of hydrogen-bond acceptors (Lipinski definition) is 6. The maximum Gasteiger partial charge on any atom is 0.270 e. The monoisotopic (exact) mass is 457 g/mol. The van der Waals surface area contributed by atoms with Gasteiger partial charge in [-0.2, -0.15) is 5.10 Å². The highest BCUT2D eigenvalue weighted by Crippen LogP contribution is 2.22. The zero-order chi connectivity index (χ0) is 23.5. The molecule has 1 aliphatic rings. The Hall–Kier alpha value is -3.78. The van der Waals surface area contributed by atoms with Gasteiger partial charge in [-0.1, -0.05) is 37.1 Å². The number of aromatic nitrogens is 4. The molecule has 1 aliphatic carbocycles. The number of carbonyl (C=O) groups excluding carboxylic acids is 1. The van der Waals surface area contributed by atoms with Crippen LogP contribution in [0.5, 0.6) is 0 Å². The van der Waals surface area contributed by atoms with E-state index < -0.39 is 6.10 Å². The zero-order valence-corrected chi connectivity index (χ0v) is 19.0. The zero-order valence-electron chi connectivity index (χ0n) is 19.0. The van der Waals surface area contributed by atoms with Crippen molar-refractivity contribution in [3.05, 3.63) is 83.8 Å². The lowest BCUT2D eigenvalue weighted by Crippen LogP contribution is -2.45. The fraction of sp³-hybridized carbons (Fsp3) is 0.308. The number of hydrogen-bond donors (Lipinski definition) is 2. The second-order valence-corrected chi connectivity index (χ2v) is 8.73. The molecule has 1 aromatic carbocycles. The van der Waals surface area contributed by atoms with Gasteiger partial charge >= 0.3 is 0 Å². The van der Waals surface area contributed by atoms with Gasteiger partial charge in [0.05, 0.1) is 12.1 Å². The number of aliphatic hydroxyl groups excluding tert-OH is 1. The number of rotatable bonds is 6. The fourth-order valence-electron chi connectivity index (χ4n) is 4.36. The first-order chi connectivity index (χ1) is 16.5. The van der Waals surface area contributed by atoms with Gasteiger partial charge in [-0.25, -0.2) is 14.6 Å². The van der Waals surface area contributed by atoms with Crippen molar-refractivity contribution in [3.63, 3.8) is 0 Å². The largest absolute Gasteiger partial charge is 0.449 e. The van der Waals surface area contributed by atoms with Crippen LogP contribution in [0.1, 0.15) is 53.2 Å². The minimum atomic E-state index is -0.515. The summed E-state index contributed by atoms with van der Waals surface area (Å²) >= 11 is 0. The molecule has 8 heteroatoms. The van der Waals surface area contributed by atoms with Crippen LogP contribution < -0.4 is 5.32 Å². The van der Waals surface area contributed by atoms with Crippen LogP contribution in [0.2, 0.25) is 0 Å². The molecule has 1 amide bonds. The predicted molar refractivity (Wildman–Crippen MR) is 127 cm³/mol. The Morgan fingerprint density at radius 3 is 2.68 bits per heavy atom. The Balaban J connectivity index is 1.40. The van der Waals surface area contributed by atoms with E-state index in [-0.39, 0.29) is 11.9 Å². The molecule has 5 rings (SSSR count). The van der Waals surface area contributed by atoms with Crippen LogP contribution in [0.4, 0.5) is 0 Å². The number of nitrogens with one attached hydrogen (secondary N) is 1. The third kappa shape index (κ3) is 4.92. The number of benzene rings is 1. The SMILES string of the molecule is Cc1nc(-c2ccc(Cc3cc(C(=O)N[C@H]4CCCC[C@@H]4O)nc(-n4cccn4)c3)cc2)co1. The van der Waals surface area contributed by atoms with Crippen molar-refractivity contribution >= 4 is 5.91 Å². The predicted octanol–water partition coefficient (Wildman–Crippen LogP) is 3.85. The number of aryl methyl sites for hydroxylation is 1. The summed E-state index contributed by atoms with van der Waals surface area (Å²) in [5.74, 6) is 0.929. The second kappa shape index (κ2) is 9.61. The highest BCUT2D eigenvalue weighted by molar-refractivity contribution is 5.93. The fourth-order valence-corrected chi connectivity index (χ4v) is 4.36. The average Bonchev–Trinajstić information content (AvgIpc) is 3.53. The molecule has 1 saturated carbocycles. The maximum absolute atomic E-state index is 13.1. The van der Waals surface area contributed by atoms with E-state index in [9.17, 15) is 9.90 Å². The van der Waals surface area contributed by atoms with E-state index in [1.165, 1.54) is 0 Å². The van der Waals surface area contributed by atoms with Gasteiger partial charge in [0.15, 0.2) is 11.7 Å². The smallest absolute Gasteiger partial charge is 0.270 e. The van der Waals surface area contributed by atoms with Gasteiger partial charge in [0.2, 0.25) is 0 Å². The summed E-state index contributed by atoms with van der Waals surface area (Å²) in [6.45, 7) is 1.82. The molecule has 4 aromatic rings. The highest BCUT2D eigenvalue weighted by atomic mass is 16.3. The van der Waals surface area contributed by atoms with E-state index in [0.29, 0.717) is 30.2 Å². The minimum absolute atomic E-state index is 0.243. The average molecular weight is 458 g/mol. The third-order valence-electron chi connectivity index (χ3n) is 6.17. The Morgan fingerprint density at radius 1 is 1.15 bits per heavy atom. The second-order valence-electron chi connectivity index (χ2n) is 8.73. The summed E-state index contributed by atoms with van der Waals surface area (Å²) in [5.41, 5.74) is 4.14. The van der Waals surface area contributed by atoms with E-state index in [2.05, 4.69) is 20.4 Å². The lowest BCUT2D eigenvalue weighted by molar-refractivity contribution is 0.0713. The molecule has 0 radical (unpaired) electrons. The molecule has 3 aromatic heterocycles. The molecule has 8 nitrogen and oxygen atoms in total. The summed E-state index contributed by atoms with van der Waals surface area (Å²) in [6.07, 6.45) is 8.70. The van der Waals surface area contributed by atoms with E-state index >= 15 is 0 Å². The van der Waals surface area contributed by atoms with E-state index in [1.807, 2.05) is 49.4 Å². The minimum Gasteiger partial charge on any atom is -0.449 e. The molecule has 2 atom stereocenters. The third-order valence-corrected chi connectivity index (χ3v) is 6.17. The number of amides is 1. The van der Waals surface area contributed by atoms with Crippen molar-refractivity contribution in [1.82, 2.24) is 25.1 Å². The molecular weight excluding hydrogens is 430 g/mol. The van der Waals surface area contributed by atoms with Crippen LogP contribution in [-0.4, -0.2) is 42.9 Å². The number of carbonyl (C=O) groups is 1. The van der Waals surface area contributed by atoms with Gasteiger partial charge in [-0.3, -0.25) is 4.79 Å². The lowest BCUT2D eigenvalue weighted by Gasteiger charge is -2.28. The summed E-state index contributed by atoms with van der Waals surface area (Å²) in [4.78, 5) is 22.0. The van der Waals surface area contributed by atoms with Crippen LogP contribution in [0.25, 0.3) is 17.1 Å². The first-order valence-electron chi connectivity index (χ1n) is 11.6. The molecule has 34 heavy (non-hydrogen) atoms. The van der Waals surface area contributed by atoms with Crippen molar-refractivity contribution in [1.29, 1.82) is 0 Å². The Kier molecular flexibility index (Phi) is 6.22. The standard InChI is InChI=1S/C26H27N5O3/c1-17-28-23(16-34-17)20-9-7-18(8-10-20)13-19-14-22(29-25(15-19)31-12-4-11-27-31)26(33)30-21-5-2-3-6-24(21)32/h4,7-12,14-16,21,24,32H,2-3,5-6,13H2,1H3,(H,30,33)/t21-,24-/m0/s1. The molecule has 3 heterocycles. The van der Waals surface area contributed by atoms with Crippen LogP contribution in [0.3, 0.4) is 0 Å². The number of oxazole rings is 1. The lowest BCUT2D eigenvalue weighted by atomic mass is 9.92. The molecule has 1 fully saturated rings. The van der Waals surface area contributed by atoms with E-state index in [4.69, 9.17) is 4.42 Å². The van der Waals surface area contributed by atoms with Crippen LogP contribution in [0.15, 0.2) is 65.5 Å². The van der Waals surface area contributed by atoms with E-state index in [1.54, 1.807) is 23.3 Å². The van der Waals surface area contributed by atoms with Crippen molar-refractivity contribution in [2.24, 2.45) is 0 Å². The number of aliphatic hydroxyl groups is 1. The summed E-state index contributed by atoms with van der Waals surface area (Å²) in [6, 6.07) is 13.4. The first-order valence-corrected chi connectivity index (χ1v) is 11.6. The summed E-state index contributed by atoms with van der Waals surface area (Å²) in [7, 11) is 0. The van der Waals surface area contributed by atoms with Crippen LogP contribution >= 0.6 is 0 Å². The molecule has 0 unspecified atom stereocenters. The van der Waals surface area contributed by atoms with Crippen molar-refractivity contribution in [3.8, 4) is 17.1 Å². The van der Waals surface area contributed by atoms with Crippen molar-refractivity contribution in [2.45, 2.75) is 51.2 Å². The molecule has 0 bridgehead atoms. The Morgan fingerprint density at radius 2 is 1.97 bits per heavy atom. The van der Waals surface area contributed by atoms with Gasteiger partial charge in [0, 0.05) is 24.9 Å². The van der Waals surface area contributed by atoms with Crippen molar-refractivity contribution < 1.29 is 14.3 Å². The summed E-state index contributed by atoms with van der Waals surface area (Å²) < 4.78 is 6.95. The highest BCUT2D eigenvalue weighted by Gasteiger charge is 2.25. The first kappa shape index (κ1) is 22.0. The summed E-state index contributed by atoms with van der Waals surface area (Å²) in [5, 5.41) is 17.5. The maximum atomic E-state index is 13.1. The topological polar surface area (TPSA) is 106 Å². The quantitative estimate of drug-likeness (QED) is 0.456. The Bertz CT molecular complexity index is 1260. The molecule has 0 spiro atoms. The van der Waals surface area contributed by atoms with Crippen LogP contribution in [-0.2, 0) is 6.42 Å². The molecular formula is C26H27N5O3. The molecule has 0 aliphatic heterocycles. The van der Waals surface area contributed by atoms with Gasteiger partial charge in [-0.15, -0.1) is 0 Å². The van der Waals surface area contributed by atoms with Gasteiger partial charge < -0.3 is 14.8 Å². The number of pyridine rings is 1. The van der Waals surface area contributed by atoms with Crippen molar-refractivity contribution in [2.75, 3.05) is 0 Å². The molecule has 174 valence electrons.